The molecule has 4 unspecified atom stereocenters. The highest BCUT2D eigenvalue weighted by atomic mass is 16.6. The summed E-state index contributed by atoms with van der Waals surface area (Å²) in [6.07, 6.45) is 3.16. The van der Waals surface area contributed by atoms with Gasteiger partial charge in [0.15, 0.2) is 0 Å². The van der Waals surface area contributed by atoms with E-state index < -0.39 is 0 Å². The van der Waals surface area contributed by atoms with Crippen molar-refractivity contribution in [2.45, 2.75) is 97.0 Å². The van der Waals surface area contributed by atoms with Crippen LogP contribution in [0.4, 0.5) is 0 Å². The third kappa shape index (κ3) is 7.91. The molecule has 4 aliphatic heterocycles. The third-order valence-electron chi connectivity index (χ3n) is 6.50. The molecule has 4 saturated heterocycles. The number of hydrogen-bond donors (Lipinski definition) is 0. The average Bonchev–Trinajstić information content (AvgIpc) is 3.39. The van der Waals surface area contributed by atoms with Crippen LogP contribution in [0.2, 0.25) is 0 Å². The lowest BCUT2D eigenvalue weighted by atomic mass is 10.0. The summed E-state index contributed by atoms with van der Waals surface area (Å²) in [6, 6.07) is 1.54. The predicted octanol–water partition coefficient (Wildman–Crippen LogP) is 2.81. The molecule has 7 heteroatoms. The van der Waals surface area contributed by atoms with Crippen LogP contribution in [0.3, 0.4) is 0 Å². The fourth-order valence-electron chi connectivity index (χ4n) is 4.81. The monoisotopic (exact) mass is 444 g/mol. The number of likely N-dealkylation sites (tertiary alicyclic amines) is 1. The minimum Gasteiger partial charge on any atom is -0.379 e. The number of rotatable bonds is 5. The number of methoxy groups -OCH3 is 1. The molecule has 4 fully saturated rings. The molecule has 0 aromatic carbocycles. The van der Waals surface area contributed by atoms with E-state index in [0.29, 0.717) is 13.2 Å². The highest BCUT2D eigenvalue weighted by molar-refractivity contribution is 4.95. The minimum absolute atomic E-state index is 0.0577. The molecule has 0 saturated carbocycles. The third-order valence-corrected chi connectivity index (χ3v) is 6.50. The molecular formula is C24H48N2O5. The largest absolute Gasteiger partial charge is 0.379 e. The molecule has 0 amide bonds. The molecule has 0 aliphatic carbocycles. The highest BCUT2D eigenvalue weighted by Gasteiger charge is 2.48. The van der Waals surface area contributed by atoms with Gasteiger partial charge < -0.3 is 28.6 Å². The number of hydrogen-bond acceptors (Lipinski definition) is 7. The van der Waals surface area contributed by atoms with Crippen molar-refractivity contribution in [1.29, 1.82) is 0 Å². The fourth-order valence-corrected chi connectivity index (χ4v) is 4.81. The van der Waals surface area contributed by atoms with Crippen LogP contribution in [0.1, 0.15) is 54.4 Å². The molecule has 31 heavy (non-hydrogen) atoms. The van der Waals surface area contributed by atoms with Crippen molar-refractivity contribution < 1.29 is 23.7 Å². The Morgan fingerprint density at radius 2 is 1.35 bits per heavy atom. The Bertz CT molecular complexity index is 465. The summed E-state index contributed by atoms with van der Waals surface area (Å²) in [6.45, 7) is 20.6. The Balaban J connectivity index is 0.000000204. The Labute approximate surface area is 190 Å². The maximum absolute atomic E-state index is 5.71. The van der Waals surface area contributed by atoms with Gasteiger partial charge in [-0.1, -0.05) is 13.8 Å². The lowest BCUT2D eigenvalue weighted by molar-refractivity contribution is -0.0629. The molecule has 4 atom stereocenters. The van der Waals surface area contributed by atoms with Gasteiger partial charge in [0.2, 0.25) is 0 Å². The van der Waals surface area contributed by atoms with Crippen molar-refractivity contribution in [3.63, 3.8) is 0 Å². The number of morpholine rings is 1. The van der Waals surface area contributed by atoms with E-state index in [1.807, 2.05) is 27.7 Å². The quantitative estimate of drug-likeness (QED) is 0.646. The Morgan fingerprint density at radius 1 is 0.806 bits per heavy atom. The lowest BCUT2D eigenvalue weighted by Gasteiger charge is -2.41. The summed E-state index contributed by atoms with van der Waals surface area (Å²) in [4.78, 5) is 5.22. The Kier molecular flexibility index (Phi) is 12.3. The first-order valence-corrected chi connectivity index (χ1v) is 12.5. The maximum Gasteiger partial charge on any atom is 0.115 e. The van der Waals surface area contributed by atoms with E-state index in [0.717, 1.165) is 38.4 Å². The summed E-state index contributed by atoms with van der Waals surface area (Å²) in [7, 11) is 1.69. The fraction of sp³-hybridized carbons (Fsp3) is 1.00. The summed E-state index contributed by atoms with van der Waals surface area (Å²) < 4.78 is 27.6. The highest BCUT2D eigenvalue weighted by Crippen LogP contribution is 2.30. The molecular weight excluding hydrogens is 396 g/mol. The number of fused-ring (bicyclic) bond motifs is 1. The van der Waals surface area contributed by atoms with Gasteiger partial charge in [0.1, 0.15) is 24.4 Å². The van der Waals surface area contributed by atoms with Crippen molar-refractivity contribution in [3.8, 4) is 0 Å². The van der Waals surface area contributed by atoms with Gasteiger partial charge in [-0.3, -0.25) is 4.90 Å². The van der Waals surface area contributed by atoms with Crippen LogP contribution in [0.25, 0.3) is 0 Å². The number of ether oxygens (including phenoxy) is 5. The van der Waals surface area contributed by atoms with E-state index >= 15 is 0 Å². The van der Waals surface area contributed by atoms with Gasteiger partial charge in [0.05, 0.1) is 32.5 Å². The average molecular weight is 445 g/mol. The van der Waals surface area contributed by atoms with Gasteiger partial charge in [0, 0.05) is 32.3 Å². The standard InChI is InChI=1S/C12H24N2O.C10H18O4.C2H6/c1-11(2)13-5-3-12(4-6-13)14-7-9-15-10-8-14;1-6(2)14-8-5-13-9-7(11-3)4-12-10(8)9;1-2/h11-12H,3-10H2,1-2H3;6-10H,4-5H2,1-3H3;1-2H3. The first-order valence-electron chi connectivity index (χ1n) is 12.5. The second-order valence-electron chi connectivity index (χ2n) is 9.10. The van der Waals surface area contributed by atoms with Crippen LogP contribution in [0.15, 0.2) is 0 Å². The van der Waals surface area contributed by atoms with Crippen LogP contribution in [-0.2, 0) is 23.7 Å². The van der Waals surface area contributed by atoms with Gasteiger partial charge in [0.25, 0.3) is 0 Å². The Morgan fingerprint density at radius 3 is 1.87 bits per heavy atom. The number of piperidine rings is 1. The number of nitrogens with zero attached hydrogens (tertiary/aromatic N) is 2. The van der Waals surface area contributed by atoms with Crippen molar-refractivity contribution in [1.82, 2.24) is 9.80 Å². The topological polar surface area (TPSA) is 52.6 Å². The maximum atomic E-state index is 5.71. The molecule has 0 aromatic heterocycles. The zero-order chi connectivity index (χ0) is 22.8. The molecule has 0 N–H and O–H groups in total. The van der Waals surface area contributed by atoms with Gasteiger partial charge >= 0.3 is 0 Å². The van der Waals surface area contributed by atoms with Gasteiger partial charge in [-0.25, -0.2) is 0 Å². The van der Waals surface area contributed by atoms with Crippen LogP contribution < -0.4 is 0 Å². The van der Waals surface area contributed by atoms with Crippen LogP contribution in [0.5, 0.6) is 0 Å². The van der Waals surface area contributed by atoms with Gasteiger partial charge in [-0.15, -0.1) is 0 Å². The smallest absolute Gasteiger partial charge is 0.115 e. The summed E-state index contributed by atoms with van der Waals surface area (Å²) >= 11 is 0. The molecule has 4 aliphatic rings. The first-order chi connectivity index (χ1) is 15.0. The SMILES string of the molecule is CC.CC(C)N1CCC(N2CCOCC2)CC1.COC1COC2C(OC(C)C)COC12. The van der Waals surface area contributed by atoms with E-state index in [1.54, 1.807) is 7.11 Å². The molecule has 0 aromatic rings. The second kappa shape index (κ2) is 14.1. The van der Waals surface area contributed by atoms with Crippen molar-refractivity contribution in [2.24, 2.45) is 0 Å². The predicted molar refractivity (Wildman–Crippen MR) is 124 cm³/mol. The summed E-state index contributed by atoms with van der Waals surface area (Å²) in [5.74, 6) is 0. The molecule has 0 spiro atoms. The van der Waals surface area contributed by atoms with Gasteiger partial charge in [-0.2, -0.15) is 0 Å². The van der Waals surface area contributed by atoms with Crippen LogP contribution in [-0.4, -0.2) is 112 Å². The van der Waals surface area contributed by atoms with E-state index in [2.05, 4.69) is 23.6 Å². The summed E-state index contributed by atoms with van der Waals surface area (Å²) in [5, 5.41) is 0. The molecule has 4 rings (SSSR count). The molecule has 4 heterocycles. The molecule has 0 bridgehead atoms. The van der Waals surface area contributed by atoms with E-state index in [-0.39, 0.29) is 30.5 Å². The second-order valence-corrected chi connectivity index (χ2v) is 9.10. The summed E-state index contributed by atoms with van der Waals surface area (Å²) in [5.41, 5.74) is 0. The van der Waals surface area contributed by atoms with Crippen LogP contribution in [0, 0.1) is 0 Å². The first kappa shape index (κ1) is 27.0. The van der Waals surface area contributed by atoms with E-state index in [4.69, 9.17) is 23.7 Å². The zero-order valence-electron chi connectivity index (χ0n) is 21.0. The molecule has 7 nitrogen and oxygen atoms in total. The van der Waals surface area contributed by atoms with E-state index in [9.17, 15) is 0 Å². The van der Waals surface area contributed by atoms with E-state index in [1.165, 1.54) is 25.9 Å². The molecule has 0 radical (unpaired) electrons. The van der Waals surface area contributed by atoms with Gasteiger partial charge in [-0.05, 0) is 53.6 Å². The van der Waals surface area contributed by atoms with Crippen molar-refractivity contribution in [3.05, 3.63) is 0 Å². The van der Waals surface area contributed by atoms with Crippen LogP contribution >= 0.6 is 0 Å². The minimum atomic E-state index is 0.0577. The normalized spacial score (nSPS) is 32.4. The van der Waals surface area contributed by atoms with Crippen molar-refractivity contribution >= 4 is 0 Å². The molecule has 184 valence electrons. The zero-order valence-corrected chi connectivity index (χ0v) is 21.0. The van der Waals surface area contributed by atoms with Crippen molar-refractivity contribution in [2.75, 3.05) is 59.7 Å². The Hall–Kier alpha value is -0.280. The lowest BCUT2D eigenvalue weighted by Crippen LogP contribution is -2.50.